The lowest BCUT2D eigenvalue weighted by molar-refractivity contribution is 0.791. The summed E-state index contributed by atoms with van der Waals surface area (Å²) in [4.78, 5) is 0. The predicted molar refractivity (Wildman–Crippen MR) is 83.8 cm³/mol. The number of hydrogen-bond donors (Lipinski definition) is 1. The Labute approximate surface area is 131 Å². The van der Waals surface area contributed by atoms with Crippen molar-refractivity contribution < 1.29 is 0 Å². The molecule has 0 aliphatic heterocycles. The van der Waals surface area contributed by atoms with Crippen molar-refractivity contribution in [1.82, 2.24) is 20.2 Å². The van der Waals surface area contributed by atoms with Gasteiger partial charge in [-0.15, -0.1) is 5.10 Å². The van der Waals surface area contributed by atoms with E-state index in [-0.39, 0.29) is 0 Å². The molecule has 3 aromatic rings. The van der Waals surface area contributed by atoms with Gasteiger partial charge in [0.1, 0.15) is 0 Å². The maximum atomic E-state index is 6.16. The zero-order chi connectivity index (χ0) is 15.0. The molecule has 21 heavy (non-hydrogen) atoms. The maximum absolute atomic E-state index is 6.16. The molecule has 0 saturated carbocycles. The van der Waals surface area contributed by atoms with Crippen molar-refractivity contribution in [2.75, 3.05) is 5.73 Å². The van der Waals surface area contributed by atoms with E-state index in [4.69, 9.17) is 28.9 Å². The Hall–Kier alpha value is -2.11. The Morgan fingerprint density at radius 1 is 1.10 bits per heavy atom. The van der Waals surface area contributed by atoms with Crippen molar-refractivity contribution in [3.8, 4) is 17.1 Å². The van der Waals surface area contributed by atoms with Gasteiger partial charge < -0.3 is 5.73 Å². The van der Waals surface area contributed by atoms with Gasteiger partial charge in [0.25, 0.3) is 0 Å². The number of anilines is 1. The Balaban J connectivity index is 2.17. The van der Waals surface area contributed by atoms with E-state index in [0.29, 0.717) is 27.1 Å². The summed E-state index contributed by atoms with van der Waals surface area (Å²) in [5, 5.41) is 12.9. The van der Waals surface area contributed by atoms with Gasteiger partial charge in [0, 0.05) is 10.6 Å². The summed E-state index contributed by atoms with van der Waals surface area (Å²) >= 11 is 12.2. The smallest absolute Gasteiger partial charge is 0.189 e. The van der Waals surface area contributed by atoms with E-state index in [1.807, 2.05) is 25.1 Å². The summed E-state index contributed by atoms with van der Waals surface area (Å²) in [6.45, 7) is 1.93. The van der Waals surface area contributed by atoms with E-state index >= 15 is 0 Å². The van der Waals surface area contributed by atoms with Crippen LogP contribution in [0, 0.1) is 6.92 Å². The number of para-hydroxylation sites is 1. The van der Waals surface area contributed by atoms with Crippen LogP contribution in [-0.2, 0) is 0 Å². The van der Waals surface area contributed by atoms with Crippen molar-refractivity contribution in [3.05, 3.63) is 52.0 Å². The first-order chi connectivity index (χ1) is 10.1. The normalized spacial score (nSPS) is 10.8. The van der Waals surface area contributed by atoms with Gasteiger partial charge in [-0.05, 0) is 47.2 Å². The third-order valence-corrected chi connectivity index (χ3v) is 3.90. The highest BCUT2D eigenvalue weighted by atomic mass is 35.5. The van der Waals surface area contributed by atoms with Crippen LogP contribution in [0.25, 0.3) is 17.1 Å². The second kappa shape index (κ2) is 5.35. The van der Waals surface area contributed by atoms with Crippen molar-refractivity contribution >= 4 is 28.9 Å². The largest absolute Gasteiger partial charge is 0.397 e. The lowest BCUT2D eigenvalue weighted by atomic mass is 10.1. The second-order valence-corrected chi connectivity index (χ2v) is 5.36. The van der Waals surface area contributed by atoms with Gasteiger partial charge in [-0.3, -0.25) is 0 Å². The van der Waals surface area contributed by atoms with Crippen molar-refractivity contribution in [3.63, 3.8) is 0 Å². The predicted octanol–water partition coefficient (Wildman–Crippen LogP) is 3.53. The molecule has 0 radical (unpaired) electrons. The number of tetrazole rings is 1. The number of hydrogen-bond acceptors (Lipinski definition) is 4. The minimum absolute atomic E-state index is 0.438. The van der Waals surface area contributed by atoms with Gasteiger partial charge in [0.15, 0.2) is 5.82 Å². The minimum Gasteiger partial charge on any atom is -0.397 e. The highest BCUT2D eigenvalue weighted by Gasteiger charge is 2.15. The standard InChI is InChI=1S/C14H11Cl2N5/c1-8-5-6-9(7-12(8)16)21-14(18-19-20-21)10-3-2-4-11(15)13(10)17/h2-7H,17H2,1H3. The molecule has 0 bridgehead atoms. The van der Waals surface area contributed by atoms with Crippen molar-refractivity contribution in [2.45, 2.75) is 6.92 Å². The molecule has 1 aromatic heterocycles. The molecule has 0 saturated heterocycles. The quantitative estimate of drug-likeness (QED) is 0.733. The molecule has 0 unspecified atom stereocenters. The average molecular weight is 320 g/mol. The Kier molecular flexibility index (Phi) is 3.53. The lowest BCUT2D eigenvalue weighted by Crippen LogP contribution is -2.02. The average Bonchev–Trinajstić information content (AvgIpc) is 2.94. The van der Waals surface area contributed by atoms with Gasteiger partial charge in [-0.2, -0.15) is 4.68 Å². The van der Waals surface area contributed by atoms with Gasteiger partial charge in [0.2, 0.25) is 0 Å². The summed E-state index contributed by atoms with van der Waals surface area (Å²) in [5.41, 5.74) is 8.86. The molecule has 0 aliphatic rings. The number of nitrogens with two attached hydrogens (primary N) is 1. The molecule has 7 heteroatoms. The highest BCUT2D eigenvalue weighted by molar-refractivity contribution is 6.33. The fourth-order valence-corrected chi connectivity index (χ4v) is 2.32. The first-order valence-corrected chi connectivity index (χ1v) is 6.93. The topological polar surface area (TPSA) is 69.6 Å². The molecule has 5 nitrogen and oxygen atoms in total. The number of rotatable bonds is 2. The number of aromatic nitrogens is 4. The fraction of sp³-hybridized carbons (Fsp3) is 0.0714. The van der Waals surface area contributed by atoms with E-state index < -0.39 is 0 Å². The first kappa shape index (κ1) is 13.9. The molecule has 3 rings (SSSR count). The van der Waals surface area contributed by atoms with E-state index in [9.17, 15) is 0 Å². The van der Waals surface area contributed by atoms with Crippen LogP contribution in [-0.4, -0.2) is 20.2 Å². The molecule has 106 valence electrons. The third kappa shape index (κ3) is 2.46. The van der Waals surface area contributed by atoms with E-state index in [1.165, 1.54) is 0 Å². The fourth-order valence-electron chi connectivity index (χ4n) is 1.97. The zero-order valence-corrected chi connectivity index (χ0v) is 12.6. The van der Waals surface area contributed by atoms with E-state index in [2.05, 4.69) is 15.5 Å². The monoisotopic (exact) mass is 319 g/mol. The van der Waals surface area contributed by atoms with Crippen LogP contribution >= 0.6 is 23.2 Å². The number of aryl methyl sites for hydroxylation is 1. The van der Waals surface area contributed by atoms with Crippen LogP contribution < -0.4 is 5.73 Å². The van der Waals surface area contributed by atoms with Crippen molar-refractivity contribution in [2.24, 2.45) is 0 Å². The number of halogens is 2. The molecular weight excluding hydrogens is 309 g/mol. The van der Waals surface area contributed by atoms with Gasteiger partial charge in [-0.1, -0.05) is 35.3 Å². The maximum Gasteiger partial charge on any atom is 0.189 e. The summed E-state index contributed by atoms with van der Waals surface area (Å²) in [6, 6.07) is 10.9. The van der Waals surface area contributed by atoms with Crippen LogP contribution in [0.3, 0.4) is 0 Å². The molecule has 2 N–H and O–H groups in total. The Morgan fingerprint density at radius 3 is 2.67 bits per heavy atom. The Morgan fingerprint density at radius 2 is 1.90 bits per heavy atom. The molecule has 0 spiro atoms. The van der Waals surface area contributed by atoms with Crippen LogP contribution in [0.4, 0.5) is 5.69 Å². The highest BCUT2D eigenvalue weighted by Crippen LogP contribution is 2.31. The summed E-state index contributed by atoms with van der Waals surface area (Å²) in [6.07, 6.45) is 0. The van der Waals surface area contributed by atoms with E-state index in [0.717, 1.165) is 11.3 Å². The molecule has 2 aromatic carbocycles. The van der Waals surface area contributed by atoms with Crippen molar-refractivity contribution in [1.29, 1.82) is 0 Å². The van der Waals surface area contributed by atoms with Crippen LogP contribution in [0.5, 0.6) is 0 Å². The molecule has 1 heterocycles. The molecule has 0 fully saturated rings. The lowest BCUT2D eigenvalue weighted by Gasteiger charge is -2.09. The van der Waals surface area contributed by atoms with Crippen LogP contribution in [0.15, 0.2) is 36.4 Å². The molecule has 0 amide bonds. The summed E-state index contributed by atoms with van der Waals surface area (Å²) in [5.74, 6) is 0.509. The zero-order valence-electron chi connectivity index (χ0n) is 11.1. The second-order valence-electron chi connectivity index (χ2n) is 4.55. The molecular formula is C14H11Cl2N5. The summed E-state index contributed by atoms with van der Waals surface area (Å²) < 4.78 is 1.58. The minimum atomic E-state index is 0.438. The van der Waals surface area contributed by atoms with Gasteiger partial charge in [0.05, 0.1) is 16.4 Å². The Bertz CT molecular complexity index is 813. The van der Waals surface area contributed by atoms with E-state index in [1.54, 1.807) is 22.9 Å². The molecule has 0 aliphatic carbocycles. The third-order valence-electron chi connectivity index (χ3n) is 3.16. The van der Waals surface area contributed by atoms with Gasteiger partial charge >= 0.3 is 0 Å². The number of benzene rings is 2. The molecule has 0 atom stereocenters. The SMILES string of the molecule is Cc1ccc(-n2nnnc2-c2cccc(Cl)c2N)cc1Cl. The van der Waals surface area contributed by atoms with Crippen LogP contribution in [0.2, 0.25) is 10.0 Å². The van der Waals surface area contributed by atoms with Gasteiger partial charge in [-0.25, -0.2) is 0 Å². The first-order valence-electron chi connectivity index (χ1n) is 6.17. The number of nitrogen functional groups attached to an aromatic ring is 1. The number of nitrogens with zero attached hydrogens (tertiary/aromatic N) is 4. The summed E-state index contributed by atoms with van der Waals surface area (Å²) in [7, 11) is 0. The van der Waals surface area contributed by atoms with Crippen LogP contribution in [0.1, 0.15) is 5.56 Å².